The molecule has 0 spiro atoms. The van der Waals surface area contributed by atoms with E-state index < -0.39 is 0 Å². The second-order valence-electron chi connectivity index (χ2n) is 6.76. The fourth-order valence-electron chi connectivity index (χ4n) is 2.29. The molecule has 0 N–H and O–H groups in total. The molecule has 0 bridgehead atoms. The Morgan fingerprint density at radius 3 is 1.95 bits per heavy atom. The number of hydrogen-bond acceptors (Lipinski definition) is 2. The van der Waals surface area contributed by atoms with Gasteiger partial charge >= 0.3 is 7.12 Å². The molecule has 1 aliphatic rings. The molecule has 0 amide bonds. The van der Waals surface area contributed by atoms with Gasteiger partial charge in [0.15, 0.2) is 0 Å². The first-order valence-electron chi connectivity index (χ1n) is 8.20. The lowest BCUT2D eigenvalue weighted by molar-refractivity contribution is 0.00578. The third kappa shape index (κ3) is 5.50. The van der Waals surface area contributed by atoms with Crippen molar-refractivity contribution in [3.05, 3.63) is 0 Å². The summed E-state index contributed by atoms with van der Waals surface area (Å²) in [4.78, 5) is 0. The summed E-state index contributed by atoms with van der Waals surface area (Å²) in [6.07, 6.45) is 9.63. The minimum Gasteiger partial charge on any atom is -0.403 e. The lowest BCUT2D eigenvalue weighted by Gasteiger charge is -2.32. The van der Waals surface area contributed by atoms with Gasteiger partial charge in [0.05, 0.1) is 11.2 Å². The third-order valence-electron chi connectivity index (χ3n) is 4.35. The van der Waals surface area contributed by atoms with Crippen molar-refractivity contribution in [3.8, 4) is 11.8 Å². The van der Waals surface area contributed by atoms with Crippen LogP contribution in [-0.4, -0.2) is 18.3 Å². The van der Waals surface area contributed by atoms with Crippen molar-refractivity contribution < 1.29 is 9.31 Å². The average Bonchev–Trinajstić information content (AvgIpc) is 2.56. The van der Waals surface area contributed by atoms with Gasteiger partial charge in [-0.2, -0.15) is 0 Å². The Kier molecular flexibility index (Phi) is 7.13. The molecule has 0 saturated carbocycles. The summed E-state index contributed by atoms with van der Waals surface area (Å²) in [5.41, 5.74) is -0.475. The zero-order valence-electron chi connectivity index (χ0n) is 14.1. The summed E-state index contributed by atoms with van der Waals surface area (Å²) in [7, 11) is -0.169. The van der Waals surface area contributed by atoms with Gasteiger partial charge in [0, 0.05) is 12.7 Å². The Balaban J connectivity index is 2.12. The topological polar surface area (TPSA) is 18.5 Å². The molecule has 0 radical (unpaired) electrons. The first kappa shape index (κ1) is 17.6. The molecule has 2 nitrogen and oxygen atoms in total. The van der Waals surface area contributed by atoms with Gasteiger partial charge in [-0.3, -0.25) is 0 Å². The van der Waals surface area contributed by atoms with Crippen LogP contribution in [0.25, 0.3) is 0 Å². The number of hydrogen-bond donors (Lipinski definition) is 0. The van der Waals surface area contributed by atoms with Crippen LogP contribution in [0, 0.1) is 11.8 Å². The summed E-state index contributed by atoms with van der Waals surface area (Å²) in [5.74, 6) is 6.45. The first-order chi connectivity index (χ1) is 9.39. The Hall–Kier alpha value is -0.455. The van der Waals surface area contributed by atoms with Crippen LogP contribution in [0.5, 0.6) is 0 Å². The van der Waals surface area contributed by atoms with Crippen molar-refractivity contribution in [3.63, 3.8) is 0 Å². The Bertz CT molecular complexity index is 323. The maximum atomic E-state index is 5.91. The van der Waals surface area contributed by atoms with E-state index in [1.54, 1.807) is 0 Å². The van der Waals surface area contributed by atoms with Crippen LogP contribution in [0.15, 0.2) is 0 Å². The van der Waals surface area contributed by atoms with E-state index in [1.807, 2.05) is 0 Å². The van der Waals surface area contributed by atoms with E-state index in [9.17, 15) is 0 Å². The summed E-state index contributed by atoms with van der Waals surface area (Å²) >= 11 is 0. The zero-order valence-corrected chi connectivity index (χ0v) is 14.1. The van der Waals surface area contributed by atoms with Gasteiger partial charge in [-0.1, -0.05) is 39.0 Å². The van der Waals surface area contributed by atoms with Crippen LogP contribution < -0.4 is 0 Å². The predicted octanol–water partition coefficient (Wildman–Crippen LogP) is 4.83. The molecule has 114 valence electrons. The quantitative estimate of drug-likeness (QED) is 0.377. The molecule has 0 aromatic rings. The second-order valence-corrected chi connectivity index (χ2v) is 6.76. The Morgan fingerprint density at radius 2 is 1.35 bits per heavy atom. The fourth-order valence-corrected chi connectivity index (χ4v) is 2.29. The lowest BCUT2D eigenvalue weighted by Crippen LogP contribution is -2.41. The highest BCUT2D eigenvalue weighted by molar-refractivity contribution is 6.46. The molecule has 1 saturated heterocycles. The van der Waals surface area contributed by atoms with Crippen LogP contribution in [0.3, 0.4) is 0 Å². The van der Waals surface area contributed by atoms with Crippen molar-refractivity contribution in [2.75, 3.05) is 0 Å². The van der Waals surface area contributed by atoms with Crippen molar-refractivity contribution in [2.24, 2.45) is 0 Å². The van der Waals surface area contributed by atoms with E-state index in [4.69, 9.17) is 9.31 Å². The largest absolute Gasteiger partial charge is 0.470 e. The molecule has 0 atom stereocenters. The van der Waals surface area contributed by atoms with Crippen molar-refractivity contribution in [2.45, 2.75) is 97.1 Å². The van der Waals surface area contributed by atoms with Gasteiger partial charge in [0.25, 0.3) is 0 Å². The van der Waals surface area contributed by atoms with Gasteiger partial charge in [0.2, 0.25) is 0 Å². The standard InChI is InChI=1S/C17H31BO2/c1-6-7-8-9-10-11-12-13-14-15-18-19-16(2,3)17(4,5)20-18/h6-12,15H2,1-5H3. The maximum absolute atomic E-state index is 5.91. The smallest absolute Gasteiger partial charge is 0.403 e. The minimum absolute atomic E-state index is 0.169. The number of rotatable bonds is 7. The first-order valence-corrected chi connectivity index (χ1v) is 8.20. The molecule has 1 aliphatic heterocycles. The van der Waals surface area contributed by atoms with Crippen molar-refractivity contribution in [1.82, 2.24) is 0 Å². The van der Waals surface area contributed by atoms with E-state index in [2.05, 4.69) is 46.5 Å². The van der Waals surface area contributed by atoms with Crippen LogP contribution in [-0.2, 0) is 9.31 Å². The van der Waals surface area contributed by atoms with Crippen molar-refractivity contribution in [1.29, 1.82) is 0 Å². The Labute approximate surface area is 126 Å². The lowest BCUT2D eigenvalue weighted by atomic mass is 9.85. The Morgan fingerprint density at radius 1 is 0.800 bits per heavy atom. The number of unbranched alkanes of at least 4 members (excludes halogenated alkanes) is 6. The summed E-state index contributed by atoms with van der Waals surface area (Å²) < 4.78 is 11.8. The second kappa shape index (κ2) is 8.10. The van der Waals surface area contributed by atoms with E-state index in [1.165, 1.54) is 38.5 Å². The molecule has 0 aromatic carbocycles. The van der Waals surface area contributed by atoms with E-state index >= 15 is 0 Å². The van der Waals surface area contributed by atoms with E-state index in [-0.39, 0.29) is 18.3 Å². The molecular formula is C17H31BO2. The zero-order chi connectivity index (χ0) is 15.1. The van der Waals surface area contributed by atoms with Crippen LogP contribution >= 0.6 is 0 Å². The molecule has 20 heavy (non-hydrogen) atoms. The van der Waals surface area contributed by atoms with Crippen LogP contribution in [0.4, 0.5) is 0 Å². The monoisotopic (exact) mass is 278 g/mol. The minimum atomic E-state index is -0.237. The van der Waals surface area contributed by atoms with Gasteiger partial charge in [-0.25, -0.2) is 0 Å². The molecular weight excluding hydrogens is 247 g/mol. The van der Waals surface area contributed by atoms with E-state index in [0.717, 1.165) is 6.42 Å². The van der Waals surface area contributed by atoms with Crippen LogP contribution in [0.2, 0.25) is 6.32 Å². The van der Waals surface area contributed by atoms with Gasteiger partial charge < -0.3 is 9.31 Å². The third-order valence-corrected chi connectivity index (χ3v) is 4.35. The normalized spacial score (nSPS) is 19.8. The molecule has 1 rings (SSSR count). The van der Waals surface area contributed by atoms with E-state index in [0.29, 0.717) is 6.32 Å². The highest BCUT2D eigenvalue weighted by Crippen LogP contribution is 2.37. The summed E-state index contributed by atoms with van der Waals surface area (Å²) in [6, 6.07) is 0. The molecule has 0 aliphatic carbocycles. The molecule has 0 aromatic heterocycles. The molecule has 3 heteroatoms. The molecule has 1 heterocycles. The summed E-state index contributed by atoms with van der Waals surface area (Å²) in [6.45, 7) is 10.6. The van der Waals surface area contributed by atoms with Crippen molar-refractivity contribution >= 4 is 7.12 Å². The van der Waals surface area contributed by atoms with Gasteiger partial charge in [-0.05, 0) is 34.1 Å². The maximum Gasteiger partial charge on any atom is 0.470 e. The summed E-state index contributed by atoms with van der Waals surface area (Å²) in [5, 5.41) is 0. The fraction of sp³-hybridized carbons (Fsp3) is 0.882. The van der Waals surface area contributed by atoms with Gasteiger partial charge in [-0.15, -0.1) is 11.8 Å². The molecule has 0 unspecified atom stereocenters. The average molecular weight is 278 g/mol. The molecule has 1 fully saturated rings. The highest BCUT2D eigenvalue weighted by Gasteiger charge is 2.50. The van der Waals surface area contributed by atoms with Crippen LogP contribution in [0.1, 0.15) is 79.6 Å². The van der Waals surface area contributed by atoms with Gasteiger partial charge in [0.1, 0.15) is 0 Å². The highest BCUT2D eigenvalue weighted by atomic mass is 16.7. The SMILES string of the molecule is CCCCCCCCC#CCB1OC(C)(C)C(C)(C)O1. The predicted molar refractivity (Wildman–Crippen MR) is 86.7 cm³/mol.